The smallest absolute Gasteiger partial charge is 0.338 e. The van der Waals surface area contributed by atoms with Gasteiger partial charge in [-0.15, -0.1) is 0 Å². The molecule has 5 aromatic carbocycles. The van der Waals surface area contributed by atoms with Crippen LogP contribution in [0.2, 0.25) is 0 Å². The maximum Gasteiger partial charge on any atom is 0.338 e. The standard InChI is InChI=1S/C31H23IO4/c1-20-25-14-12-24(31(34)36-19-22-10-6-3-7-11-22)17-28(25)29(32)26-15-13-23(16-27(20)26)30(33)35-18-21-8-4-2-5-9-21/h2-17H,18-19H2,1H3. The van der Waals surface area contributed by atoms with E-state index in [-0.39, 0.29) is 25.2 Å². The van der Waals surface area contributed by atoms with Gasteiger partial charge < -0.3 is 9.47 Å². The Morgan fingerprint density at radius 3 is 1.61 bits per heavy atom. The van der Waals surface area contributed by atoms with E-state index in [9.17, 15) is 9.59 Å². The normalized spacial score (nSPS) is 10.9. The van der Waals surface area contributed by atoms with Crippen molar-refractivity contribution in [2.75, 3.05) is 0 Å². The number of benzene rings is 5. The first kappa shape index (κ1) is 24.0. The predicted octanol–water partition coefficient (Wildman–Crippen LogP) is 7.62. The molecule has 0 aliphatic carbocycles. The lowest BCUT2D eigenvalue weighted by molar-refractivity contribution is 0.0464. The summed E-state index contributed by atoms with van der Waals surface area (Å²) in [6.45, 7) is 2.50. The topological polar surface area (TPSA) is 52.6 Å². The van der Waals surface area contributed by atoms with Gasteiger partial charge in [0.15, 0.2) is 0 Å². The van der Waals surface area contributed by atoms with Crippen molar-refractivity contribution in [1.29, 1.82) is 0 Å². The van der Waals surface area contributed by atoms with Crippen molar-refractivity contribution in [2.24, 2.45) is 0 Å². The van der Waals surface area contributed by atoms with E-state index in [2.05, 4.69) is 22.6 Å². The van der Waals surface area contributed by atoms with E-state index >= 15 is 0 Å². The van der Waals surface area contributed by atoms with Crippen LogP contribution in [-0.4, -0.2) is 11.9 Å². The molecule has 0 atom stereocenters. The van der Waals surface area contributed by atoms with E-state index in [0.717, 1.165) is 41.8 Å². The van der Waals surface area contributed by atoms with Crippen LogP contribution in [0.15, 0.2) is 97.1 Å². The van der Waals surface area contributed by atoms with Crippen molar-refractivity contribution in [3.8, 4) is 0 Å². The summed E-state index contributed by atoms with van der Waals surface area (Å²) in [5.41, 5.74) is 3.96. The predicted molar refractivity (Wildman–Crippen MR) is 150 cm³/mol. The largest absolute Gasteiger partial charge is 0.457 e. The molecule has 0 unspecified atom stereocenters. The maximum absolute atomic E-state index is 12.7. The molecule has 5 heteroatoms. The molecule has 0 aliphatic heterocycles. The summed E-state index contributed by atoms with van der Waals surface area (Å²) in [6, 6.07) is 30.5. The minimum absolute atomic E-state index is 0.231. The molecule has 36 heavy (non-hydrogen) atoms. The Bertz CT molecular complexity index is 1460. The van der Waals surface area contributed by atoms with Crippen LogP contribution in [-0.2, 0) is 22.7 Å². The van der Waals surface area contributed by atoms with E-state index in [4.69, 9.17) is 9.47 Å². The molecule has 0 N–H and O–H groups in total. The van der Waals surface area contributed by atoms with Crippen LogP contribution in [0, 0.1) is 10.5 Å². The van der Waals surface area contributed by atoms with Gasteiger partial charge in [0, 0.05) is 3.57 Å². The minimum atomic E-state index is -0.356. The fourth-order valence-corrected chi connectivity index (χ4v) is 5.17. The van der Waals surface area contributed by atoms with Gasteiger partial charge in [0.05, 0.1) is 11.1 Å². The van der Waals surface area contributed by atoms with Gasteiger partial charge in [-0.3, -0.25) is 0 Å². The third-order valence-corrected chi connectivity index (χ3v) is 7.38. The van der Waals surface area contributed by atoms with Crippen molar-refractivity contribution in [2.45, 2.75) is 20.1 Å². The zero-order chi connectivity index (χ0) is 25.1. The number of esters is 2. The highest BCUT2D eigenvalue weighted by molar-refractivity contribution is 14.1. The van der Waals surface area contributed by atoms with Crippen molar-refractivity contribution in [1.82, 2.24) is 0 Å². The molecule has 0 saturated carbocycles. The number of carbonyl (C=O) groups is 2. The molecule has 0 aromatic heterocycles. The van der Waals surface area contributed by atoms with E-state index < -0.39 is 0 Å². The lowest BCUT2D eigenvalue weighted by atomic mass is 9.95. The maximum atomic E-state index is 12.7. The van der Waals surface area contributed by atoms with Crippen LogP contribution < -0.4 is 0 Å². The van der Waals surface area contributed by atoms with Crippen molar-refractivity contribution in [3.05, 3.63) is 128 Å². The SMILES string of the molecule is Cc1c2cc(C(=O)OCc3ccccc3)ccc2c(I)c2cc(C(=O)OCc3ccccc3)ccc12. The second-order valence-corrected chi connectivity index (χ2v) is 9.66. The highest BCUT2D eigenvalue weighted by atomic mass is 127. The highest BCUT2D eigenvalue weighted by Crippen LogP contribution is 2.35. The zero-order valence-electron chi connectivity index (χ0n) is 19.7. The van der Waals surface area contributed by atoms with Crippen LogP contribution in [0.1, 0.15) is 37.4 Å². The molecular formula is C31H23IO4. The second kappa shape index (κ2) is 10.5. The Labute approximate surface area is 223 Å². The van der Waals surface area contributed by atoms with Gasteiger partial charge in [0.2, 0.25) is 0 Å². The molecule has 4 nitrogen and oxygen atoms in total. The number of halogens is 1. The van der Waals surface area contributed by atoms with Gasteiger partial charge in [0.25, 0.3) is 0 Å². The van der Waals surface area contributed by atoms with Gasteiger partial charge in [-0.2, -0.15) is 0 Å². The molecule has 5 aromatic rings. The molecule has 0 spiro atoms. The summed E-state index contributed by atoms with van der Waals surface area (Å²) in [4.78, 5) is 25.5. The summed E-state index contributed by atoms with van der Waals surface area (Å²) in [5, 5.41) is 4.02. The molecule has 0 bridgehead atoms. The quantitative estimate of drug-likeness (QED) is 0.117. The monoisotopic (exact) mass is 586 g/mol. The van der Waals surface area contributed by atoms with Crippen molar-refractivity contribution >= 4 is 56.1 Å². The average Bonchev–Trinajstić information content (AvgIpc) is 2.94. The third kappa shape index (κ3) is 4.97. The Kier molecular flexibility index (Phi) is 7.00. The Hall–Kier alpha value is -3.71. The lowest BCUT2D eigenvalue weighted by Crippen LogP contribution is -2.06. The lowest BCUT2D eigenvalue weighted by Gasteiger charge is -2.14. The second-order valence-electron chi connectivity index (χ2n) is 8.58. The molecule has 178 valence electrons. The Morgan fingerprint density at radius 2 is 1.08 bits per heavy atom. The molecule has 0 heterocycles. The minimum Gasteiger partial charge on any atom is -0.457 e. The Balaban J connectivity index is 1.42. The van der Waals surface area contributed by atoms with Gasteiger partial charge in [0.1, 0.15) is 13.2 Å². The van der Waals surface area contributed by atoms with Crippen molar-refractivity contribution in [3.63, 3.8) is 0 Å². The van der Waals surface area contributed by atoms with Crippen LogP contribution in [0.25, 0.3) is 21.5 Å². The molecule has 0 fully saturated rings. The van der Waals surface area contributed by atoms with E-state index in [1.165, 1.54) is 0 Å². The summed E-state index contributed by atoms with van der Waals surface area (Å²) in [7, 11) is 0. The summed E-state index contributed by atoms with van der Waals surface area (Å²) in [5.74, 6) is -0.711. The zero-order valence-corrected chi connectivity index (χ0v) is 21.8. The summed E-state index contributed by atoms with van der Waals surface area (Å²) < 4.78 is 12.1. The van der Waals surface area contributed by atoms with E-state index in [1.54, 1.807) is 12.1 Å². The fourth-order valence-electron chi connectivity index (χ4n) is 4.26. The van der Waals surface area contributed by atoms with Gasteiger partial charge >= 0.3 is 11.9 Å². The molecule has 0 radical (unpaired) electrons. The number of hydrogen-bond acceptors (Lipinski definition) is 4. The number of carbonyl (C=O) groups excluding carboxylic acids is 2. The van der Waals surface area contributed by atoms with Crippen LogP contribution in [0.3, 0.4) is 0 Å². The van der Waals surface area contributed by atoms with Gasteiger partial charge in [-0.25, -0.2) is 9.59 Å². The first-order chi connectivity index (χ1) is 17.5. The first-order valence-electron chi connectivity index (χ1n) is 11.6. The number of fused-ring (bicyclic) bond motifs is 2. The summed E-state index contributed by atoms with van der Waals surface area (Å²) in [6.07, 6.45) is 0. The number of aryl methyl sites for hydroxylation is 1. The molecular weight excluding hydrogens is 563 g/mol. The van der Waals surface area contributed by atoms with E-state index in [1.807, 2.05) is 91.9 Å². The fraction of sp³-hybridized carbons (Fsp3) is 0.0968. The Morgan fingerprint density at radius 1 is 0.611 bits per heavy atom. The van der Waals surface area contributed by atoms with Gasteiger partial charge in [-0.05, 0) is 92.0 Å². The number of hydrogen-bond donors (Lipinski definition) is 0. The van der Waals surface area contributed by atoms with Gasteiger partial charge in [-0.1, -0.05) is 72.8 Å². The van der Waals surface area contributed by atoms with Crippen LogP contribution in [0.4, 0.5) is 0 Å². The molecule has 0 aliphatic rings. The van der Waals surface area contributed by atoms with Crippen LogP contribution >= 0.6 is 22.6 Å². The van der Waals surface area contributed by atoms with Crippen LogP contribution in [0.5, 0.6) is 0 Å². The highest BCUT2D eigenvalue weighted by Gasteiger charge is 2.16. The molecule has 0 saturated heterocycles. The average molecular weight is 586 g/mol. The van der Waals surface area contributed by atoms with E-state index in [0.29, 0.717) is 11.1 Å². The first-order valence-corrected chi connectivity index (χ1v) is 12.7. The molecule has 5 rings (SSSR count). The third-order valence-electron chi connectivity index (χ3n) is 6.22. The summed E-state index contributed by atoms with van der Waals surface area (Å²) >= 11 is 2.31. The number of rotatable bonds is 6. The van der Waals surface area contributed by atoms with Crippen molar-refractivity contribution < 1.29 is 19.1 Å². The number of ether oxygens (including phenoxy) is 2. The molecule has 0 amide bonds.